The van der Waals surface area contributed by atoms with E-state index in [9.17, 15) is 13.2 Å². The first kappa shape index (κ1) is 14.6. The van der Waals surface area contributed by atoms with E-state index in [1.807, 2.05) is 0 Å². The fourth-order valence-electron chi connectivity index (χ4n) is 0.987. The third kappa shape index (κ3) is 4.06. The number of hydrogen-bond donors (Lipinski definition) is 1. The van der Waals surface area contributed by atoms with Crippen molar-refractivity contribution in [3.8, 4) is 0 Å². The van der Waals surface area contributed by atoms with E-state index in [1.54, 1.807) is 12.1 Å². The van der Waals surface area contributed by atoms with Crippen LogP contribution in [0.1, 0.15) is 0 Å². The quantitative estimate of drug-likeness (QED) is 0.798. The molecule has 0 saturated heterocycles. The number of methoxy groups -OCH3 is 1. The Morgan fingerprint density at radius 1 is 1.41 bits per heavy atom. The number of hydrogen-bond acceptors (Lipinski definition) is 4. The van der Waals surface area contributed by atoms with Crippen molar-refractivity contribution in [2.75, 3.05) is 13.7 Å². The highest BCUT2D eigenvalue weighted by Gasteiger charge is 2.19. The van der Waals surface area contributed by atoms with Crippen LogP contribution in [0.5, 0.6) is 0 Å². The summed E-state index contributed by atoms with van der Waals surface area (Å²) < 4.78 is 31.2. The Kier molecular flexibility index (Phi) is 5.11. The number of halogens is 2. The number of sulfonamides is 1. The smallest absolute Gasteiger partial charge is 0.320 e. The molecule has 8 heteroatoms. The maximum atomic E-state index is 11.9. The third-order valence-corrected chi connectivity index (χ3v) is 4.71. The lowest BCUT2D eigenvalue weighted by atomic mass is 10.4. The molecule has 0 heterocycles. The average Bonchev–Trinajstić information content (AvgIpc) is 2.29. The number of esters is 1. The van der Waals surface area contributed by atoms with E-state index in [4.69, 9.17) is 0 Å². The van der Waals surface area contributed by atoms with Gasteiger partial charge in [-0.25, -0.2) is 8.42 Å². The number of benzene rings is 1. The van der Waals surface area contributed by atoms with E-state index in [0.29, 0.717) is 8.95 Å². The van der Waals surface area contributed by atoms with Gasteiger partial charge in [0.2, 0.25) is 10.0 Å². The SMILES string of the molecule is COC(=O)CNS(=O)(=O)c1cc(Br)ccc1Br. The Balaban J connectivity index is 2.97. The second-order valence-corrected chi connectivity index (χ2v) is 6.48. The van der Waals surface area contributed by atoms with E-state index in [2.05, 4.69) is 41.3 Å². The Morgan fingerprint density at radius 3 is 2.65 bits per heavy atom. The summed E-state index contributed by atoms with van der Waals surface area (Å²) in [6.07, 6.45) is 0. The standard InChI is InChI=1S/C9H9Br2NO4S/c1-16-9(13)5-12-17(14,15)8-4-6(10)2-3-7(8)11/h2-4,12H,5H2,1H3. The van der Waals surface area contributed by atoms with Crippen LogP contribution in [0.25, 0.3) is 0 Å². The number of carbonyl (C=O) groups is 1. The van der Waals surface area contributed by atoms with Gasteiger partial charge in [0.05, 0.1) is 12.0 Å². The zero-order valence-corrected chi connectivity index (χ0v) is 12.7. The van der Waals surface area contributed by atoms with Crippen LogP contribution >= 0.6 is 31.9 Å². The van der Waals surface area contributed by atoms with Crippen molar-refractivity contribution in [2.45, 2.75) is 4.90 Å². The van der Waals surface area contributed by atoms with Crippen molar-refractivity contribution >= 4 is 47.9 Å². The normalized spacial score (nSPS) is 11.2. The van der Waals surface area contributed by atoms with Crippen LogP contribution in [0.2, 0.25) is 0 Å². The molecule has 5 nitrogen and oxygen atoms in total. The van der Waals surface area contributed by atoms with Crippen molar-refractivity contribution < 1.29 is 17.9 Å². The maximum absolute atomic E-state index is 11.9. The predicted octanol–water partition coefficient (Wildman–Crippen LogP) is 1.66. The highest BCUT2D eigenvalue weighted by atomic mass is 79.9. The lowest BCUT2D eigenvalue weighted by molar-refractivity contribution is -0.139. The second kappa shape index (κ2) is 5.94. The molecule has 0 fully saturated rings. The van der Waals surface area contributed by atoms with Gasteiger partial charge in [-0.15, -0.1) is 0 Å². The topological polar surface area (TPSA) is 72.5 Å². The molecule has 0 aliphatic carbocycles. The molecule has 0 bridgehead atoms. The summed E-state index contributed by atoms with van der Waals surface area (Å²) in [6.45, 7) is -0.405. The van der Waals surface area contributed by atoms with Crippen LogP contribution in [0.3, 0.4) is 0 Å². The molecular formula is C9H9Br2NO4S. The molecule has 1 aromatic carbocycles. The Hall–Kier alpha value is -0.440. The van der Waals surface area contributed by atoms with E-state index in [1.165, 1.54) is 13.2 Å². The van der Waals surface area contributed by atoms with Gasteiger partial charge in [0, 0.05) is 8.95 Å². The Morgan fingerprint density at radius 2 is 2.06 bits per heavy atom. The van der Waals surface area contributed by atoms with Gasteiger partial charge in [-0.05, 0) is 34.1 Å². The van der Waals surface area contributed by atoms with Crippen LogP contribution in [0.4, 0.5) is 0 Å². The average molecular weight is 387 g/mol. The van der Waals surface area contributed by atoms with Gasteiger partial charge in [-0.1, -0.05) is 15.9 Å². The van der Waals surface area contributed by atoms with Gasteiger partial charge >= 0.3 is 5.97 Å². The molecule has 0 amide bonds. The first-order valence-electron chi connectivity index (χ1n) is 4.38. The van der Waals surface area contributed by atoms with Crippen molar-refractivity contribution in [2.24, 2.45) is 0 Å². The van der Waals surface area contributed by atoms with E-state index in [-0.39, 0.29) is 4.90 Å². The van der Waals surface area contributed by atoms with Crippen molar-refractivity contribution in [1.82, 2.24) is 4.72 Å². The minimum absolute atomic E-state index is 0.0516. The molecule has 1 N–H and O–H groups in total. The van der Waals surface area contributed by atoms with Crippen LogP contribution in [0.15, 0.2) is 32.0 Å². The molecular weight excluding hydrogens is 378 g/mol. The van der Waals surface area contributed by atoms with E-state index < -0.39 is 22.5 Å². The van der Waals surface area contributed by atoms with Gasteiger partial charge < -0.3 is 4.74 Å². The molecule has 0 spiro atoms. The summed E-state index contributed by atoms with van der Waals surface area (Å²) in [4.78, 5) is 10.9. The lowest BCUT2D eigenvalue weighted by Gasteiger charge is -2.07. The fourth-order valence-corrected chi connectivity index (χ4v) is 3.46. The highest BCUT2D eigenvalue weighted by Crippen LogP contribution is 2.25. The first-order chi connectivity index (χ1) is 7.86. The minimum Gasteiger partial charge on any atom is -0.468 e. The molecule has 0 radical (unpaired) electrons. The molecule has 0 unspecified atom stereocenters. The maximum Gasteiger partial charge on any atom is 0.320 e. The van der Waals surface area contributed by atoms with Crippen LogP contribution in [-0.2, 0) is 19.6 Å². The van der Waals surface area contributed by atoms with Crippen LogP contribution in [0, 0.1) is 0 Å². The van der Waals surface area contributed by atoms with E-state index >= 15 is 0 Å². The van der Waals surface area contributed by atoms with Crippen molar-refractivity contribution in [3.05, 3.63) is 27.1 Å². The number of rotatable bonds is 4. The Labute approximate surface area is 116 Å². The summed E-state index contributed by atoms with van der Waals surface area (Å²) in [5.74, 6) is -0.653. The highest BCUT2D eigenvalue weighted by molar-refractivity contribution is 9.11. The summed E-state index contributed by atoms with van der Waals surface area (Å²) in [7, 11) is -2.56. The summed E-state index contributed by atoms with van der Waals surface area (Å²) in [5, 5.41) is 0. The van der Waals surface area contributed by atoms with Gasteiger partial charge in [0.25, 0.3) is 0 Å². The first-order valence-corrected chi connectivity index (χ1v) is 7.45. The summed E-state index contributed by atoms with van der Waals surface area (Å²) in [5.41, 5.74) is 0. The number of ether oxygens (including phenoxy) is 1. The van der Waals surface area contributed by atoms with Gasteiger partial charge in [-0.3, -0.25) is 4.79 Å². The van der Waals surface area contributed by atoms with E-state index in [0.717, 1.165) is 0 Å². The third-order valence-electron chi connectivity index (χ3n) is 1.82. The molecule has 0 aliphatic heterocycles. The molecule has 94 valence electrons. The van der Waals surface area contributed by atoms with Crippen LogP contribution < -0.4 is 4.72 Å². The zero-order chi connectivity index (χ0) is 13.1. The molecule has 17 heavy (non-hydrogen) atoms. The fraction of sp³-hybridized carbons (Fsp3) is 0.222. The Bertz CT molecular complexity index is 530. The largest absolute Gasteiger partial charge is 0.468 e. The molecule has 1 rings (SSSR count). The number of nitrogens with one attached hydrogen (secondary N) is 1. The van der Waals surface area contributed by atoms with Gasteiger partial charge in [0.1, 0.15) is 6.54 Å². The zero-order valence-electron chi connectivity index (χ0n) is 8.74. The lowest BCUT2D eigenvalue weighted by Crippen LogP contribution is -2.30. The van der Waals surface area contributed by atoms with Crippen molar-refractivity contribution in [1.29, 1.82) is 0 Å². The van der Waals surface area contributed by atoms with Crippen LogP contribution in [-0.4, -0.2) is 28.0 Å². The van der Waals surface area contributed by atoms with Gasteiger partial charge in [0.15, 0.2) is 0 Å². The second-order valence-electron chi connectivity index (χ2n) is 2.98. The molecule has 1 aromatic rings. The molecule has 0 atom stereocenters. The number of carbonyl (C=O) groups excluding carboxylic acids is 1. The molecule has 0 aliphatic rings. The van der Waals surface area contributed by atoms with Crippen molar-refractivity contribution in [3.63, 3.8) is 0 Å². The molecule has 0 aromatic heterocycles. The summed E-state index contributed by atoms with van der Waals surface area (Å²) >= 11 is 6.31. The predicted molar refractivity (Wildman–Crippen MR) is 69.0 cm³/mol. The monoisotopic (exact) mass is 385 g/mol. The molecule has 0 saturated carbocycles. The van der Waals surface area contributed by atoms with Gasteiger partial charge in [-0.2, -0.15) is 4.72 Å². The minimum atomic E-state index is -3.75. The summed E-state index contributed by atoms with van der Waals surface area (Å²) in [6, 6.07) is 4.73.